The molecule has 0 aliphatic heterocycles. The number of halogens is 2. The van der Waals surface area contributed by atoms with Crippen LogP contribution in [0.1, 0.15) is 19.8 Å². The van der Waals surface area contributed by atoms with Crippen LogP contribution in [0, 0.1) is 11.6 Å². The first-order valence-electron chi connectivity index (χ1n) is 6.92. The fourth-order valence-corrected chi connectivity index (χ4v) is 4.50. The van der Waals surface area contributed by atoms with Crippen LogP contribution in [-0.4, -0.2) is 27.6 Å². The number of benzene rings is 1. The van der Waals surface area contributed by atoms with Gasteiger partial charge in [0.25, 0.3) is 0 Å². The Morgan fingerprint density at radius 3 is 2.74 bits per heavy atom. The maximum absolute atomic E-state index is 13.4. The minimum Gasteiger partial charge on any atom is -0.323 e. The number of hydrogen-bond donors (Lipinski definition) is 1. The lowest BCUT2D eigenvalue weighted by atomic mass is 10.3. The summed E-state index contributed by atoms with van der Waals surface area (Å²) in [5.41, 5.74) is -0.163. The Morgan fingerprint density at radius 2 is 2.00 bits per heavy atom. The Bertz CT molecular complexity index is 666. The average Bonchev–Trinajstić information content (AvgIpc) is 2.97. The zero-order valence-electron chi connectivity index (χ0n) is 12.3. The third kappa shape index (κ3) is 6.08. The van der Waals surface area contributed by atoms with E-state index in [1.54, 1.807) is 11.8 Å². The Kier molecular flexibility index (Phi) is 7.25. The molecular formula is C14H15F2N3OS3. The van der Waals surface area contributed by atoms with Crippen molar-refractivity contribution in [1.29, 1.82) is 0 Å². The van der Waals surface area contributed by atoms with Crippen molar-refractivity contribution in [2.24, 2.45) is 0 Å². The van der Waals surface area contributed by atoms with Crippen molar-refractivity contribution in [2.45, 2.75) is 28.4 Å². The summed E-state index contributed by atoms with van der Waals surface area (Å²) in [5, 5.41) is 10.4. The first-order chi connectivity index (χ1) is 11.1. The topological polar surface area (TPSA) is 54.9 Å². The molecule has 124 valence electrons. The van der Waals surface area contributed by atoms with Crippen molar-refractivity contribution < 1.29 is 13.6 Å². The highest BCUT2D eigenvalue weighted by Crippen LogP contribution is 2.29. The summed E-state index contributed by atoms with van der Waals surface area (Å²) in [6, 6.07) is 2.92. The molecule has 0 unspecified atom stereocenters. The minimum absolute atomic E-state index is 0.0597. The Balaban J connectivity index is 1.81. The van der Waals surface area contributed by atoms with Crippen LogP contribution in [0.4, 0.5) is 14.5 Å². The van der Waals surface area contributed by atoms with Crippen LogP contribution in [0.5, 0.6) is 0 Å². The van der Waals surface area contributed by atoms with Gasteiger partial charge in [-0.3, -0.25) is 4.79 Å². The highest BCUT2D eigenvalue weighted by atomic mass is 32.2. The maximum Gasteiger partial charge on any atom is 0.234 e. The van der Waals surface area contributed by atoms with Gasteiger partial charge >= 0.3 is 0 Å². The van der Waals surface area contributed by atoms with Gasteiger partial charge in [0.1, 0.15) is 11.6 Å². The zero-order valence-corrected chi connectivity index (χ0v) is 14.8. The van der Waals surface area contributed by atoms with Crippen LogP contribution >= 0.6 is 34.9 Å². The van der Waals surface area contributed by atoms with Gasteiger partial charge in [0.05, 0.1) is 11.4 Å². The molecule has 0 saturated carbocycles. The second-order valence-corrected chi connectivity index (χ2v) is 8.04. The molecule has 0 radical (unpaired) electrons. The number of rotatable bonds is 8. The summed E-state index contributed by atoms with van der Waals surface area (Å²) in [6.45, 7) is 2.13. The molecule has 1 aromatic heterocycles. The fourth-order valence-electron chi connectivity index (χ4n) is 1.52. The van der Waals surface area contributed by atoms with E-state index in [9.17, 15) is 13.6 Å². The molecule has 2 aromatic rings. The number of carbonyl (C=O) groups is 1. The molecule has 4 nitrogen and oxygen atoms in total. The summed E-state index contributed by atoms with van der Waals surface area (Å²) in [5.74, 6) is -0.642. The van der Waals surface area contributed by atoms with Gasteiger partial charge in [0, 0.05) is 11.8 Å². The molecule has 1 N–H and O–H groups in total. The van der Waals surface area contributed by atoms with Crippen LogP contribution in [0.2, 0.25) is 0 Å². The molecule has 23 heavy (non-hydrogen) atoms. The van der Waals surface area contributed by atoms with Crippen molar-refractivity contribution in [1.82, 2.24) is 10.2 Å². The van der Waals surface area contributed by atoms with E-state index in [1.165, 1.54) is 23.1 Å². The van der Waals surface area contributed by atoms with E-state index >= 15 is 0 Å². The van der Waals surface area contributed by atoms with Gasteiger partial charge in [0.15, 0.2) is 8.68 Å². The van der Waals surface area contributed by atoms with Gasteiger partial charge in [0.2, 0.25) is 5.91 Å². The molecule has 1 amide bonds. The van der Waals surface area contributed by atoms with Crippen molar-refractivity contribution in [2.75, 3.05) is 16.8 Å². The van der Waals surface area contributed by atoms with Gasteiger partial charge in [-0.1, -0.05) is 48.2 Å². The maximum atomic E-state index is 13.4. The number of amides is 1. The van der Waals surface area contributed by atoms with E-state index in [0.717, 1.165) is 41.1 Å². The lowest BCUT2D eigenvalue weighted by Crippen LogP contribution is -2.15. The van der Waals surface area contributed by atoms with Gasteiger partial charge in [-0.2, -0.15) is 0 Å². The third-order valence-electron chi connectivity index (χ3n) is 2.64. The molecule has 2 rings (SSSR count). The predicted molar refractivity (Wildman–Crippen MR) is 91.3 cm³/mol. The molecule has 1 heterocycles. The SMILES string of the molecule is CCCCSc1nnc(SCC(=O)Nc2cc(F)ccc2F)s1. The molecule has 0 atom stereocenters. The molecule has 9 heteroatoms. The number of anilines is 1. The van der Waals surface area contributed by atoms with Crippen molar-refractivity contribution >= 4 is 46.5 Å². The predicted octanol–water partition coefficient (Wildman–Crippen LogP) is 4.44. The van der Waals surface area contributed by atoms with Crippen LogP contribution in [0.25, 0.3) is 0 Å². The Labute approximate surface area is 145 Å². The largest absolute Gasteiger partial charge is 0.323 e. The second-order valence-electron chi connectivity index (χ2n) is 4.50. The van der Waals surface area contributed by atoms with E-state index in [2.05, 4.69) is 22.4 Å². The van der Waals surface area contributed by atoms with Gasteiger partial charge in [-0.25, -0.2) is 8.78 Å². The van der Waals surface area contributed by atoms with E-state index < -0.39 is 17.5 Å². The lowest BCUT2D eigenvalue weighted by molar-refractivity contribution is -0.113. The highest BCUT2D eigenvalue weighted by Gasteiger charge is 2.11. The van der Waals surface area contributed by atoms with Crippen LogP contribution in [0.3, 0.4) is 0 Å². The van der Waals surface area contributed by atoms with Crippen molar-refractivity contribution in [3.05, 3.63) is 29.8 Å². The first-order valence-corrected chi connectivity index (χ1v) is 9.71. The van der Waals surface area contributed by atoms with Crippen molar-refractivity contribution in [3.63, 3.8) is 0 Å². The number of thioether (sulfide) groups is 2. The normalized spacial score (nSPS) is 10.7. The average molecular weight is 375 g/mol. The molecule has 0 bridgehead atoms. The number of nitrogens with one attached hydrogen (secondary N) is 1. The second kappa shape index (κ2) is 9.19. The number of carbonyl (C=O) groups excluding carboxylic acids is 1. The summed E-state index contributed by atoms with van der Waals surface area (Å²) >= 11 is 4.29. The molecule has 0 fully saturated rings. The van der Waals surface area contributed by atoms with Gasteiger partial charge < -0.3 is 5.32 Å². The zero-order chi connectivity index (χ0) is 16.7. The van der Waals surface area contributed by atoms with Gasteiger partial charge in [-0.15, -0.1) is 10.2 Å². The van der Waals surface area contributed by atoms with Gasteiger partial charge in [-0.05, 0) is 18.6 Å². The standard InChI is InChI=1S/C14H15F2N3OS3/c1-2-3-6-21-13-18-19-14(23-13)22-8-12(20)17-11-7-9(15)4-5-10(11)16/h4-5,7H,2-3,6,8H2,1H3,(H,17,20). The minimum atomic E-state index is -0.671. The summed E-state index contributed by atoms with van der Waals surface area (Å²) in [4.78, 5) is 11.8. The van der Waals surface area contributed by atoms with Crippen LogP contribution in [0.15, 0.2) is 26.9 Å². The van der Waals surface area contributed by atoms with Crippen molar-refractivity contribution in [3.8, 4) is 0 Å². The van der Waals surface area contributed by atoms with Crippen LogP contribution < -0.4 is 5.32 Å². The molecule has 0 saturated heterocycles. The molecule has 0 aliphatic rings. The molecule has 0 spiro atoms. The number of unbranched alkanes of at least 4 members (excludes halogenated alkanes) is 1. The number of aromatic nitrogens is 2. The summed E-state index contributed by atoms with van der Waals surface area (Å²) < 4.78 is 28.0. The summed E-state index contributed by atoms with van der Waals surface area (Å²) in [7, 11) is 0. The highest BCUT2D eigenvalue weighted by molar-refractivity contribution is 8.03. The van der Waals surface area contributed by atoms with E-state index in [1.807, 2.05) is 0 Å². The smallest absolute Gasteiger partial charge is 0.234 e. The molecule has 1 aromatic carbocycles. The quantitative estimate of drug-likeness (QED) is 0.546. The Morgan fingerprint density at radius 1 is 1.26 bits per heavy atom. The number of hydrogen-bond acceptors (Lipinski definition) is 6. The monoisotopic (exact) mass is 375 g/mol. The van der Waals surface area contributed by atoms with E-state index in [-0.39, 0.29) is 11.4 Å². The third-order valence-corrected chi connectivity index (χ3v) is 5.92. The first kappa shape index (κ1) is 18.2. The number of nitrogens with zero attached hydrogens (tertiary/aromatic N) is 2. The van der Waals surface area contributed by atoms with E-state index in [0.29, 0.717) is 4.34 Å². The molecular weight excluding hydrogens is 360 g/mol. The van der Waals surface area contributed by atoms with E-state index in [4.69, 9.17) is 0 Å². The Hall–Kier alpha value is -1.19. The van der Waals surface area contributed by atoms with Crippen LogP contribution in [-0.2, 0) is 4.79 Å². The summed E-state index contributed by atoms with van der Waals surface area (Å²) in [6.07, 6.45) is 2.25. The molecule has 0 aliphatic carbocycles. The lowest BCUT2D eigenvalue weighted by Gasteiger charge is -2.05. The fraction of sp³-hybridized carbons (Fsp3) is 0.357.